The van der Waals surface area contributed by atoms with Gasteiger partial charge in [0.15, 0.2) is 0 Å². The first kappa shape index (κ1) is 26.3. The Morgan fingerprint density at radius 2 is 1.76 bits per heavy atom. The van der Waals surface area contributed by atoms with Crippen molar-refractivity contribution in [2.24, 2.45) is 35.0 Å². The van der Waals surface area contributed by atoms with Crippen LogP contribution < -0.4 is 0 Å². The molecule has 3 aliphatic rings. The van der Waals surface area contributed by atoms with Crippen LogP contribution in [0.2, 0.25) is 0 Å². The van der Waals surface area contributed by atoms with Crippen LogP contribution in [0.1, 0.15) is 80.1 Å². The number of hydrogen-bond acceptors (Lipinski definition) is 3. The number of carboxylic acids is 1. The van der Waals surface area contributed by atoms with Gasteiger partial charge in [-0.3, -0.25) is 9.59 Å². The van der Waals surface area contributed by atoms with E-state index in [1.54, 1.807) is 6.08 Å². The molecule has 0 aromatic carbocycles. The molecule has 2 aliphatic carbocycles. The standard InChI is InChI=1S/C29H41NO4/c1-7-20-16-30(17-20)27(32)19(3)25(26(31)22-10-8-18(2)9-11-22)23-14-21(12-13-29(4,5)6)15-24(23)28(33)34/h14,18-20,22,25H,7-11,15-17H2,1-6H3,(H,33,34)/t18?,19-,22?,25?/m1/s1. The Labute approximate surface area is 205 Å². The van der Waals surface area contributed by atoms with Crippen LogP contribution in [0.5, 0.6) is 0 Å². The van der Waals surface area contributed by atoms with Crippen LogP contribution >= 0.6 is 0 Å². The molecule has 2 atom stereocenters. The summed E-state index contributed by atoms with van der Waals surface area (Å²) in [6.45, 7) is 13.6. The van der Waals surface area contributed by atoms with Gasteiger partial charge in [-0.2, -0.15) is 0 Å². The number of carbonyl (C=O) groups is 3. The molecule has 0 aromatic rings. The van der Waals surface area contributed by atoms with Crippen molar-refractivity contribution in [2.75, 3.05) is 13.1 Å². The maximum absolute atomic E-state index is 13.9. The summed E-state index contributed by atoms with van der Waals surface area (Å²) in [5.41, 5.74) is 1.22. The predicted molar refractivity (Wildman–Crippen MR) is 134 cm³/mol. The van der Waals surface area contributed by atoms with E-state index in [1.165, 1.54) is 0 Å². The van der Waals surface area contributed by atoms with Gasteiger partial charge in [0, 0.05) is 47.9 Å². The highest BCUT2D eigenvalue weighted by molar-refractivity contribution is 5.97. The van der Waals surface area contributed by atoms with Crippen LogP contribution in [0.4, 0.5) is 0 Å². The molecule has 1 saturated carbocycles. The van der Waals surface area contributed by atoms with Crippen molar-refractivity contribution in [3.8, 4) is 11.8 Å². The summed E-state index contributed by atoms with van der Waals surface area (Å²) in [4.78, 5) is 41.4. The first-order valence-electron chi connectivity index (χ1n) is 12.9. The first-order valence-corrected chi connectivity index (χ1v) is 12.9. The lowest BCUT2D eigenvalue weighted by molar-refractivity contribution is -0.146. The number of carboxylic acid groups (broad SMARTS) is 1. The molecule has 0 spiro atoms. The molecular formula is C29H41NO4. The Kier molecular flexibility index (Phi) is 8.11. The second kappa shape index (κ2) is 10.5. The molecule has 0 aromatic heterocycles. The third-order valence-corrected chi connectivity index (χ3v) is 7.70. The summed E-state index contributed by atoms with van der Waals surface area (Å²) in [5.74, 6) is 5.00. The minimum Gasteiger partial charge on any atom is -0.478 e. The summed E-state index contributed by atoms with van der Waals surface area (Å²) < 4.78 is 0. The van der Waals surface area contributed by atoms with E-state index >= 15 is 0 Å². The van der Waals surface area contributed by atoms with E-state index in [0.29, 0.717) is 23.0 Å². The number of nitrogens with zero attached hydrogens (tertiary/aromatic N) is 1. The number of ketones is 1. The highest BCUT2D eigenvalue weighted by Gasteiger charge is 2.43. The molecule has 186 valence electrons. The van der Waals surface area contributed by atoms with E-state index < -0.39 is 17.8 Å². The van der Waals surface area contributed by atoms with Crippen LogP contribution in [0, 0.1) is 46.8 Å². The number of carbonyl (C=O) groups excluding carboxylic acids is 2. The Morgan fingerprint density at radius 1 is 1.15 bits per heavy atom. The summed E-state index contributed by atoms with van der Waals surface area (Å²) in [5, 5.41) is 10.0. The number of rotatable bonds is 7. The first-order chi connectivity index (χ1) is 15.9. The smallest absolute Gasteiger partial charge is 0.332 e. The van der Waals surface area contributed by atoms with Crippen molar-refractivity contribution in [1.29, 1.82) is 0 Å². The molecule has 2 fully saturated rings. The molecule has 1 aliphatic heterocycles. The van der Waals surface area contributed by atoms with Gasteiger partial charge in [0.1, 0.15) is 5.78 Å². The summed E-state index contributed by atoms with van der Waals surface area (Å²) in [6.07, 6.45) is 6.67. The normalized spacial score (nSPS) is 25.1. The van der Waals surface area contributed by atoms with Gasteiger partial charge in [0.05, 0.1) is 5.92 Å². The Morgan fingerprint density at radius 3 is 2.29 bits per heavy atom. The number of amides is 1. The topological polar surface area (TPSA) is 74.7 Å². The van der Waals surface area contributed by atoms with Crippen molar-refractivity contribution in [3.05, 3.63) is 22.8 Å². The highest BCUT2D eigenvalue weighted by atomic mass is 16.4. The number of aliphatic carboxylic acids is 1. The largest absolute Gasteiger partial charge is 0.478 e. The zero-order valence-corrected chi connectivity index (χ0v) is 21.7. The van der Waals surface area contributed by atoms with Gasteiger partial charge < -0.3 is 10.0 Å². The number of Topliss-reactive ketones (excluding diaryl/α,β-unsaturated/α-hetero) is 1. The van der Waals surface area contributed by atoms with Crippen molar-refractivity contribution in [3.63, 3.8) is 0 Å². The molecular weight excluding hydrogens is 426 g/mol. The second-order valence-corrected chi connectivity index (χ2v) is 11.7. The third-order valence-electron chi connectivity index (χ3n) is 7.70. The molecule has 1 amide bonds. The lowest BCUT2D eigenvalue weighted by Crippen LogP contribution is -2.53. The molecule has 0 bridgehead atoms. The van der Waals surface area contributed by atoms with Crippen LogP contribution in [0.3, 0.4) is 0 Å². The molecule has 5 nitrogen and oxygen atoms in total. The van der Waals surface area contributed by atoms with E-state index in [0.717, 1.165) is 45.2 Å². The third kappa shape index (κ3) is 6.01. The molecule has 0 radical (unpaired) electrons. The summed E-state index contributed by atoms with van der Waals surface area (Å²) in [6, 6.07) is 0. The predicted octanol–water partition coefficient (Wildman–Crippen LogP) is 5.26. The molecule has 34 heavy (non-hydrogen) atoms. The van der Waals surface area contributed by atoms with E-state index in [4.69, 9.17) is 0 Å². The van der Waals surface area contributed by atoms with Gasteiger partial charge in [-0.05, 0) is 63.5 Å². The van der Waals surface area contributed by atoms with Crippen LogP contribution in [0.15, 0.2) is 22.8 Å². The average Bonchev–Trinajstić information content (AvgIpc) is 3.15. The minimum atomic E-state index is -1.02. The zero-order valence-electron chi connectivity index (χ0n) is 21.7. The van der Waals surface area contributed by atoms with Gasteiger partial charge in [0.2, 0.25) is 5.91 Å². The van der Waals surface area contributed by atoms with Gasteiger partial charge in [-0.1, -0.05) is 45.5 Å². The fourth-order valence-electron chi connectivity index (χ4n) is 5.35. The monoisotopic (exact) mass is 467 g/mol. The lowest BCUT2D eigenvalue weighted by Gasteiger charge is -2.42. The van der Waals surface area contributed by atoms with Gasteiger partial charge in [-0.25, -0.2) is 4.79 Å². The van der Waals surface area contributed by atoms with Gasteiger partial charge >= 0.3 is 5.97 Å². The van der Waals surface area contributed by atoms with E-state index in [9.17, 15) is 19.5 Å². The molecule has 1 N–H and O–H groups in total. The van der Waals surface area contributed by atoms with Crippen LogP contribution in [0.25, 0.3) is 0 Å². The Hall–Kier alpha value is -2.35. The minimum absolute atomic E-state index is 0.0351. The Balaban J connectivity index is 1.96. The number of allylic oxidation sites excluding steroid dienone is 3. The highest BCUT2D eigenvalue weighted by Crippen LogP contribution is 2.40. The maximum atomic E-state index is 13.9. The lowest BCUT2D eigenvalue weighted by atomic mass is 9.72. The number of likely N-dealkylation sites (tertiary alicyclic amines) is 1. The Bertz CT molecular complexity index is 941. The van der Waals surface area contributed by atoms with Crippen molar-refractivity contribution < 1.29 is 19.5 Å². The van der Waals surface area contributed by atoms with E-state index in [1.807, 2.05) is 32.6 Å². The summed E-state index contributed by atoms with van der Waals surface area (Å²) >= 11 is 0. The zero-order chi connectivity index (χ0) is 25.2. The fourth-order valence-corrected chi connectivity index (χ4v) is 5.35. The summed E-state index contributed by atoms with van der Waals surface area (Å²) in [7, 11) is 0. The van der Waals surface area contributed by atoms with Crippen molar-refractivity contribution in [1.82, 2.24) is 4.90 Å². The second-order valence-electron chi connectivity index (χ2n) is 11.7. The van der Waals surface area contributed by atoms with Crippen molar-refractivity contribution >= 4 is 17.7 Å². The average molecular weight is 468 g/mol. The number of hydrogen-bond donors (Lipinski definition) is 1. The maximum Gasteiger partial charge on any atom is 0.332 e. The SMILES string of the molecule is CCC1CN(C(=O)[C@H](C)C(C(=O)C2CCC(C)CC2)C2=C(C(=O)O)CC(C#CC(C)(C)C)=C2)C1. The van der Waals surface area contributed by atoms with E-state index in [2.05, 4.69) is 25.7 Å². The van der Waals surface area contributed by atoms with Crippen LogP contribution in [-0.4, -0.2) is 40.8 Å². The fraction of sp³-hybridized carbons (Fsp3) is 0.690. The van der Waals surface area contributed by atoms with Gasteiger partial charge in [0.25, 0.3) is 0 Å². The molecule has 1 saturated heterocycles. The molecule has 5 heteroatoms. The molecule has 1 heterocycles. The quantitative estimate of drug-likeness (QED) is 0.518. The van der Waals surface area contributed by atoms with Gasteiger partial charge in [-0.15, -0.1) is 0 Å². The van der Waals surface area contributed by atoms with E-state index in [-0.39, 0.29) is 35.0 Å². The van der Waals surface area contributed by atoms with Crippen LogP contribution in [-0.2, 0) is 14.4 Å². The van der Waals surface area contributed by atoms with Crippen molar-refractivity contribution in [2.45, 2.75) is 80.1 Å². The molecule has 3 rings (SSSR count). The molecule has 1 unspecified atom stereocenters.